The van der Waals surface area contributed by atoms with E-state index < -0.39 is 0 Å². The average Bonchev–Trinajstić information content (AvgIpc) is 2.82. The van der Waals surface area contributed by atoms with Crippen LogP contribution in [0.2, 0.25) is 0 Å². The third-order valence-corrected chi connectivity index (χ3v) is 5.64. The molecule has 3 aliphatic rings. The quantitative estimate of drug-likeness (QED) is 0.702. The van der Waals surface area contributed by atoms with Crippen LogP contribution in [0.3, 0.4) is 0 Å². The van der Waals surface area contributed by atoms with Crippen molar-refractivity contribution >= 4 is 17.1 Å². The fraction of sp³-hybridized carbons (Fsp3) is 0.444. The van der Waals surface area contributed by atoms with Crippen LogP contribution in [0.5, 0.6) is 0 Å². The van der Waals surface area contributed by atoms with Gasteiger partial charge in [0.2, 0.25) is 0 Å². The van der Waals surface area contributed by atoms with E-state index in [0.29, 0.717) is 6.04 Å². The van der Waals surface area contributed by atoms with Gasteiger partial charge in [-0.05, 0) is 44.4 Å². The van der Waals surface area contributed by atoms with E-state index >= 15 is 0 Å². The summed E-state index contributed by atoms with van der Waals surface area (Å²) >= 11 is 0. The van der Waals surface area contributed by atoms with Gasteiger partial charge in [-0.15, -0.1) is 0 Å². The predicted molar refractivity (Wildman–Crippen MR) is 82.6 cm³/mol. The molecule has 1 aromatic carbocycles. The molecular formula is C18H20N2. The van der Waals surface area contributed by atoms with Crippen molar-refractivity contribution in [2.75, 3.05) is 13.1 Å². The van der Waals surface area contributed by atoms with Gasteiger partial charge in [0, 0.05) is 29.7 Å². The average molecular weight is 264 g/mol. The summed E-state index contributed by atoms with van der Waals surface area (Å²) < 4.78 is 2.50. The molecule has 0 amide bonds. The third kappa shape index (κ3) is 1.23. The van der Waals surface area contributed by atoms with Crippen LogP contribution in [0.1, 0.15) is 37.1 Å². The maximum atomic E-state index is 2.74. The Bertz CT molecular complexity index is 737. The normalized spacial score (nSPS) is 28.4. The van der Waals surface area contributed by atoms with Gasteiger partial charge in [-0.3, -0.25) is 4.90 Å². The molecule has 1 saturated heterocycles. The van der Waals surface area contributed by atoms with Gasteiger partial charge >= 0.3 is 0 Å². The lowest BCUT2D eigenvalue weighted by atomic mass is 9.77. The van der Waals surface area contributed by atoms with E-state index in [9.17, 15) is 0 Å². The molecule has 0 spiro atoms. The van der Waals surface area contributed by atoms with Crippen LogP contribution < -0.4 is 0 Å². The highest BCUT2D eigenvalue weighted by Crippen LogP contribution is 2.49. The molecule has 0 aliphatic carbocycles. The lowest BCUT2D eigenvalue weighted by Crippen LogP contribution is -2.45. The Morgan fingerprint density at radius 1 is 1.15 bits per heavy atom. The number of benzene rings is 1. The summed E-state index contributed by atoms with van der Waals surface area (Å²) in [6, 6.07) is 9.60. The minimum Gasteiger partial charge on any atom is -0.318 e. The van der Waals surface area contributed by atoms with Crippen molar-refractivity contribution in [2.24, 2.45) is 5.92 Å². The highest BCUT2D eigenvalue weighted by atomic mass is 15.2. The van der Waals surface area contributed by atoms with Gasteiger partial charge in [-0.25, -0.2) is 0 Å². The summed E-state index contributed by atoms with van der Waals surface area (Å²) in [6.07, 6.45) is 6.36. The highest BCUT2D eigenvalue weighted by Gasteiger charge is 2.42. The van der Waals surface area contributed by atoms with Crippen molar-refractivity contribution in [3.05, 3.63) is 41.1 Å². The third-order valence-electron chi connectivity index (χ3n) is 5.64. The first-order chi connectivity index (χ1) is 9.84. The minimum absolute atomic E-state index is 0.643. The molecule has 5 rings (SSSR count). The molecule has 2 aromatic rings. The van der Waals surface area contributed by atoms with E-state index in [1.807, 2.05) is 0 Å². The molecule has 0 saturated carbocycles. The molecule has 20 heavy (non-hydrogen) atoms. The van der Waals surface area contributed by atoms with E-state index in [0.717, 1.165) is 5.92 Å². The maximum absolute atomic E-state index is 2.74. The fourth-order valence-corrected chi connectivity index (χ4v) is 4.79. The second-order valence-electron chi connectivity index (χ2n) is 6.60. The van der Waals surface area contributed by atoms with E-state index in [1.54, 1.807) is 16.8 Å². The van der Waals surface area contributed by atoms with E-state index in [4.69, 9.17) is 0 Å². The van der Waals surface area contributed by atoms with E-state index in [1.165, 1.54) is 43.3 Å². The van der Waals surface area contributed by atoms with Crippen LogP contribution in [0, 0.1) is 5.92 Å². The Morgan fingerprint density at radius 2 is 2.05 bits per heavy atom. The standard InChI is InChI=1S/C18H20N2/c1-12-11-20-16-7-3-2-5-14(16)15-8-10-19-9-4-6-13(12)17(19)18(15)20/h2-3,5,7,11,13,17H,4,6,8-10H2,1H3/t13-,17+/m1/s1. The van der Waals surface area contributed by atoms with Gasteiger partial charge in [-0.2, -0.15) is 0 Å². The molecule has 0 bridgehead atoms. The SMILES string of the molecule is CC1=Cn2c3c(c4ccccc42)CCN2CCC[C@H]1[C@@H]32. The smallest absolute Gasteiger partial charge is 0.0573 e. The van der Waals surface area contributed by atoms with E-state index in [2.05, 4.69) is 46.9 Å². The first-order valence-electron chi connectivity index (χ1n) is 7.88. The van der Waals surface area contributed by atoms with Crippen molar-refractivity contribution in [1.29, 1.82) is 0 Å². The minimum atomic E-state index is 0.643. The molecule has 1 fully saturated rings. The number of piperidine rings is 1. The number of hydrogen-bond donors (Lipinski definition) is 0. The Hall–Kier alpha value is -1.54. The predicted octanol–water partition coefficient (Wildman–Crippen LogP) is 3.82. The molecule has 3 aliphatic heterocycles. The number of para-hydroxylation sites is 1. The summed E-state index contributed by atoms with van der Waals surface area (Å²) in [6.45, 7) is 4.87. The maximum Gasteiger partial charge on any atom is 0.0573 e. The van der Waals surface area contributed by atoms with Gasteiger partial charge in [0.15, 0.2) is 0 Å². The van der Waals surface area contributed by atoms with Gasteiger partial charge in [-0.1, -0.05) is 23.8 Å². The van der Waals surface area contributed by atoms with Crippen LogP contribution in [0.25, 0.3) is 17.1 Å². The second-order valence-corrected chi connectivity index (χ2v) is 6.60. The van der Waals surface area contributed by atoms with Crippen LogP contribution in [-0.4, -0.2) is 22.6 Å². The molecule has 102 valence electrons. The van der Waals surface area contributed by atoms with Gasteiger partial charge in [0.05, 0.1) is 11.6 Å². The summed E-state index contributed by atoms with van der Waals surface area (Å²) in [4.78, 5) is 2.74. The van der Waals surface area contributed by atoms with Crippen molar-refractivity contribution < 1.29 is 0 Å². The molecule has 4 heterocycles. The number of fused-ring (bicyclic) bond motifs is 3. The molecular weight excluding hydrogens is 244 g/mol. The van der Waals surface area contributed by atoms with Gasteiger partial charge < -0.3 is 4.57 Å². The molecule has 2 heteroatoms. The van der Waals surface area contributed by atoms with Crippen molar-refractivity contribution in [3.8, 4) is 0 Å². The lowest BCUT2D eigenvalue weighted by Gasteiger charge is -2.47. The summed E-state index contributed by atoms with van der Waals surface area (Å²) in [5, 5.41) is 1.48. The fourth-order valence-electron chi connectivity index (χ4n) is 4.79. The molecule has 0 unspecified atom stereocenters. The topological polar surface area (TPSA) is 8.17 Å². The zero-order chi connectivity index (χ0) is 13.3. The Labute approximate surface area is 119 Å². The molecule has 0 radical (unpaired) electrons. The van der Waals surface area contributed by atoms with Crippen molar-refractivity contribution in [2.45, 2.75) is 32.2 Å². The van der Waals surface area contributed by atoms with Crippen LogP contribution >= 0.6 is 0 Å². The number of rotatable bonds is 0. The summed E-state index contributed by atoms with van der Waals surface area (Å²) in [5.41, 5.74) is 6.20. The monoisotopic (exact) mass is 264 g/mol. The summed E-state index contributed by atoms with van der Waals surface area (Å²) in [5.74, 6) is 0.750. The van der Waals surface area contributed by atoms with Crippen molar-refractivity contribution in [1.82, 2.24) is 9.47 Å². The molecule has 1 aromatic heterocycles. The van der Waals surface area contributed by atoms with Crippen LogP contribution in [0.15, 0.2) is 29.8 Å². The Morgan fingerprint density at radius 3 is 3.00 bits per heavy atom. The van der Waals surface area contributed by atoms with Crippen LogP contribution in [0.4, 0.5) is 0 Å². The number of nitrogens with zero attached hydrogens (tertiary/aromatic N) is 2. The number of aromatic nitrogens is 1. The first-order valence-corrected chi connectivity index (χ1v) is 7.88. The van der Waals surface area contributed by atoms with E-state index in [-0.39, 0.29) is 0 Å². The first kappa shape index (κ1) is 11.2. The Kier molecular flexibility index (Phi) is 2.10. The number of hydrogen-bond acceptors (Lipinski definition) is 1. The largest absolute Gasteiger partial charge is 0.318 e. The summed E-state index contributed by atoms with van der Waals surface area (Å²) in [7, 11) is 0. The van der Waals surface area contributed by atoms with Gasteiger partial charge in [0.1, 0.15) is 0 Å². The van der Waals surface area contributed by atoms with Crippen LogP contribution in [-0.2, 0) is 6.42 Å². The Balaban J connectivity index is 1.88. The lowest BCUT2D eigenvalue weighted by molar-refractivity contribution is 0.0929. The molecule has 0 N–H and O–H groups in total. The molecule has 2 nitrogen and oxygen atoms in total. The second kappa shape index (κ2) is 3.76. The van der Waals surface area contributed by atoms with Crippen molar-refractivity contribution in [3.63, 3.8) is 0 Å². The highest BCUT2D eigenvalue weighted by molar-refractivity contribution is 5.88. The molecule has 2 atom stereocenters. The zero-order valence-electron chi connectivity index (χ0n) is 12.0. The van der Waals surface area contributed by atoms with Gasteiger partial charge in [0.25, 0.3) is 0 Å². The zero-order valence-corrected chi connectivity index (χ0v) is 12.0.